The molecule has 1 unspecified atom stereocenters. The summed E-state index contributed by atoms with van der Waals surface area (Å²) in [5.41, 5.74) is 2.40. The second-order valence-electron chi connectivity index (χ2n) is 5.65. The number of rotatable bonds is 5. The van der Waals surface area contributed by atoms with Gasteiger partial charge < -0.3 is 10.2 Å². The predicted molar refractivity (Wildman–Crippen MR) is 86.3 cm³/mol. The van der Waals surface area contributed by atoms with E-state index in [-0.39, 0.29) is 0 Å². The second kappa shape index (κ2) is 6.66. The first-order valence-corrected chi connectivity index (χ1v) is 8.50. The third kappa shape index (κ3) is 3.37. The molecule has 0 aromatic carbocycles. The SMILES string of the molecule is CC(NCCN1CCCCC1)c1cnc2ccsc2c1. The molecule has 0 spiro atoms. The fourth-order valence-electron chi connectivity index (χ4n) is 2.84. The number of fused-ring (bicyclic) bond motifs is 1. The van der Waals surface area contributed by atoms with Gasteiger partial charge in [0.15, 0.2) is 0 Å². The molecular weight excluding hydrogens is 266 g/mol. The number of pyridine rings is 1. The molecule has 2 aromatic heterocycles. The Balaban J connectivity index is 1.51. The van der Waals surface area contributed by atoms with Gasteiger partial charge in [0, 0.05) is 25.3 Å². The van der Waals surface area contributed by atoms with Gasteiger partial charge in [-0.15, -0.1) is 11.3 Å². The van der Waals surface area contributed by atoms with E-state index in [2.05, 4.69) is 39.6 Å². The van der Waals surface area contributed by atoms with E-state index in [0.29, 0.717) is 6.04 Å². The number of hydrogen-bond donors (Lipinski definition) is 1. The van der Waals surface area contributed by atoms with E-state index in [4.69, 9.17) is 0 Å². The number of hydrogen-bond acceptors (Lipinski definition) is 4. The summed E-state index contributed by atoms with van der Waals surface area (Å²) in [6.07, 6.45) is 6.16. The van der Waals surface area contributed by atoms with Crippen molar-refractivity contribution in [3.05, 3.63) is 29.3 Å². The van der Waals surface area contributed by atoms with Gasteiger partial charge in [-0.3, -0.25) is 4.98 Å². The van der Waals surface area contributed by atoms with Crippen LogP contribution in [0.4, 0.5) is 0 Å². The van der Waals surface area contributed by atoms with E-state index in [1.54, 1.807) is 11.3 Å². The van der Waals surface area contributed by atoms with Gasteiger partial charge in [0.25, 0.3) is 0 Å². The average molecular weight is 289 g/mol. The summed E-state index contributed by atoms with van der Waals surface area (Å²) in [4.78, 5) is 7.09. The van der Waals surface area contributed by atoms with Gasteiger partial charge in [0.1, 0.15) is 0 Å². The van der Waals surface area contributed by atoms with Crippen molar-refractivity contribution in [2.24, 2.45) is 0 Å². The first-order chi connectivity index (χ1) is 9.83. The molecule has 1 saturated heterocycles. The molecule has 3 heterocycles. The molecule has 1 N–H and O–H groups in total. The summed E-state index contributed by atoms with van der Waals surface area (Å²) in [7, 11) is 0. The maximum Gasteiger partial charge on any atom is 0.0809 e. The summed E-state index contributed by atoms with van der Waals surface area (Å²) in [5.74, 6) is 0. The summed E-state index contributed by atoms with van der Waals surface area (Å²) in [6, 6.07) is 4.72. The zero-order valence-corrected chi connectivity index (χ0v) is 13.0. The Kier molecular flexibility index (Phi) is 4.65. The fraction of sp³-hybridized carbons (Fsp3) is 0.562. The van der Waals surface area contributed by atoms with E-state index >= 15 is 0 Å². The van der Waals surface area contributed by atoms with E-state index in [1.165, 1.54) is 49.2 Å². The van der Waals surface area contributed by atoms with E-state index in [1.807, 2.05) is 6.20 Å². The Morgan fingerprint density at radius 2 is 2.20 bits per heavy atom. The molecule has 3 rings (SSSR count). The zero-order chi connectivity index (χ0) is 13.8. The summed E-state index contributed by atoms with van der Waals surface area (Å²) >= 11 is 1.77. The molecule has 1 fully saturated rings. The molecule has 0 bridgehead atoms. The highest BCUT2D eigenvalue weighted by atomic mass is 32.1. The number of piperidine rings is 1. The summed E-state index contributed by atoms with van der Waals surface area (Å²) in [6.45, 7) is 7.01. The first kappa shape index (κ1) is 14.0. The molecule has 1 aliphatic heterocycles. The van der Waals surface area contributed by atoms with Crippen LogP contribution >= 0.6 is 11.3 Å². The Hall–Kier alpha value is -0.970. The van der Waals surface area contributed by atoms with Crippen LogP contribution in [0.2, 0.25) is 0 Å². The number of nitrogens with one attached hydrogen (secondary N) is 1. The summed E-state index contributed by atoms with van der Waals surface area (Å²) in [5, 5.41) is 5.73. The van der Waals surface area contributed by atoms with Crippen molar-refractivity contribution < 1.29 is 0 Å². The van der Waals surface area contributed by atoms with Crippen LogP contribution in [-0.4, -0.2) is 36.1 Å². The van der Waals surface area contributed by atoms with Crippen molar-refractivity contribution in [1.29, 1.82) is 0 Å². The lowest BCUT2D eigenvalue weighted by Crippen LogP contribution is -2.36. The van der Waals surface area contributed by atoms with Crippen LogP contribution in [0.5, 0.6) is 0 Å². The number of aromatic nitrogens is 1. The van der Waals surface area contributed by atoms with Gasteiger partial charge in [-0.25, -0.2) is 0 Å². The van der Waals surface area contributed by atoms with Crippen molar-refractivity contribution in [3.63, 3.8) is 0 Å². The molecular formula is C16H23N3S. The topological polar surface area (TPSA) is 28.2 Å². The smallest absolute Gasteiger partial charge is 0.0809 e. The Labute approximate surface area is 125 Å². The van der Waals surface area contributed by atoms with Gasteiger partial charge in [0.2, 0.25) is 0 Å². The molecule has 4 heteroatoms. The van der Waals surface area contributed by atoms with E-state index < -0.39 is 0 Å². The quantitative estimate of drug-likeness (QED) is 0.914. The second-order valence-corrected chi connectivity index (χ2v) is 6.60. The molecule has 1 atom stereocenters. The van der Waals surface area contributed by atoms with Crippen LogP contribution in [0, 0.1) is 0 Å². The van der Waals surface area contributed by atoms with Gasteiger partial charge in [-0.1, -0.05) is 6.42 Å². The minimum absolute atomic E-state index is 0.374. The Morgan fingerprint density at radius 1 is 1.35 bits per heavy atom. The number of nitrogens with zero attached hydrogens (tertiary/aromatic N) is 2. The highest BCUT2D eigenvalue weighted by molar-refractivity contribution is 7.17. The molecule has 0 radical (unpaired) electrons. The maximum atomic E-state index is 4.52. The van der Waals surface area contributed by atoms with E-state index in [0.717, 1.165) is 12.1 Å². The van der Waals surface area contributed by atoms with Crippen molar-refractivity contribution in [2.45, 2.75) is 32.2 Å². The van der Waals surface area contributed by atoms with Crippen LogP contribution in [0.1, 0.15) is 37.8 Å². The molecule has 2 aromatic rings. The monoisotopic (exact) mass is 289 g/mol. The standard InChI is InChI=1S/C16H23N3S/c1-13(17-6-9-19-7-3-2-4-8-19)14-11-16-15(18-12-14)5-10-20-16/h5,10-13,17H,2-4,6-9H2,1H3. The molecule has 0 aliphatic carbocycles. The largest absolute Gasteiger partial charge is 0.309 e. The van der Waals surface area contributed by atoms with Gasteiger partial charge in [-0.05, 0) is 55.9 Å². The van der Waals surface area contributed by atoms with Crippen molar-refractivity contribution >= 4 is 21.6 Å². The molecule has 1 aliphatic rings. The lowest BCUT2D eigenvalue weighted by atomic mass is 10.1. The van der Waals surface area contributed by atoms with Gasteiger partial charge in [0.05, 0.1) is 10.2 Å². The van der Waals surface area contributed by atoms with Crippen LogP contribution < -0.4 is 5.32 Å². The molecule has 108 valence electrons. The molecule has 0 saturated carbocycles. The Morgan fingerprint density at radius 3 is 3.05 bits per heavy atom. The van der Waals surface area contributed by atoms with Crippen LogP contribution in [0.3, 0.4) is 0 Å². The van der Waals surface area contributed by atoms with Crippen molar-refractivity contribution in [3.8, 4) is 0 Å². The molecule has 0 amide bonds. The fourth-order valence-corrected chi connectivity index (χ4v) is 3.63. The zero-order valence-electron chi connectivity index (χ0n) is 12.1. The molecule has 20 heavy (non-hydrogen) atoms. The third-order valence-electron chi connectivity index (χ3n) is 4.15. The summed E-state index contributed by atoms with van der Waals surface area (Å²) < 4.78 is 1.28. The van der Waals surface area contributed by atoms with Crippen LogP contribution in [-0.2, 0) is 0 Å². The highest BCUT2D eigenvalue weighted by Crippen LogP contribution is 2.22. The van der Waals surface area contributed by atoms with Crippen LogP contribution in [0.15, 0.2) is 23.7 Å². The lowest BCUT2D eigenvalue weighted by molar-refractivity contribution is 0.227. The van der Waals surface area contributed by atoms with Crippen LogP contribution in [0.25, 0.3) is 10.2 Å². The predicted octanol–water partition coefficient (Wildman–Crippen LogP) is 3.43. The van der Waals surface area contributed by atoms with Gasteiger partial charge >= 0.3 is 0 Å². The third-order valence-corrected chi connectivity index (χ3v) is 5.00. The normalized spacial score (nSPS) is 18.4. The molecule has 3 nitrogen and oxygen atoms in total. The minimum Gasteiger partial charge on any atom is -0.309 e. The van der Waals surface area contributed by atoms with Crippen molar-refractivity contribution in [1.82, 2.24) is 15.2 Å². The maximum absolute atomic E-state index is 4.52. The highest BCUT2D eigenvalue weighted by Gasteiger charge is 2.11. The minimum atomic E-state index is 0.374. The van der Waals surface area contributed by atoms with Gasteiger partial charge in [-0.2, -0.15) is 0 Å². The average Bonchev–Trinajstić information content (AvgIpc) is 2.95. The Bertz CT molecular complexity index is 545. The lowest BCUT2D eigenvalue weighted by Gasteiger charge is -2.27. The van der Waals surface area contributed by atoms with E-state index in [9.17, 15) is 0 Å². The first-order valence-electron chi connectivity index (χ1n) is 7.62. The number of thiophene rings is 1. The number of likely N-dealkylation sites (tertiary alicyclic amines) is 1. The van der Waals surface area contributed by atoms with Crippen molar-refractivity contribution in [2.75, 3.05) is 26.2 Å².